The first-order valence-corrected chi connectivity index (χ1v) is 8.37. The van der Waals surface area contributed by atoms with Crippen LogP contribution in [0.15, 0.2) is 29.4 Å². The molecule has 1 aromatic heterocycles. The van der Waals surface area contributed by atoms with E-state index in [1.165, 1.54) is 17.3 Å². The van der Waals surface area contributed by atoms with Crippen molar-refractivity contribution in [3.05, 3.63) is 29.8 Å². The van der Waals surface area contributed by atoms with E-state index in [1.807, 2.05) is 25.3 Å². The number of anilines is 2. The first-order chi connectivity index (χ1) is 10.6. The summed E-state index contributed by atoms with van der Waals surface area (Å²) >= 11 is 1.42. The molecule has 3 N–H and O–H groups in total. The van der Waals surface area contributed by atoms with Crippen LogP contribution in [0.4, 0.5) is 11.9 Å². The van der Waals surface area contributed by atoms with Crippen LogP contribution >= 0.6 is 11.8 Å². The third-order valence-corrected chi connectivity index (χ3v) is 3.57. The zero-order chi connectivity index (χ0) is 15.9. The Balaban J connectivity index is 1.89. The Morgan fingerprint density at radius 3 is 2.59 bits per heavy atom. The van der Waals surface area contributed by atoms with Crippen LogP contribution in [-0.4, -0.2) is 33.9 Å². The molecule has 1 aromatic carbocycles. The summed E-state index contributed by atoms with van der Waals surface area (Å²) in [6.07, 6.45) is 2.92. The Bertz CT molecular complexity index is 605. The molecule has 0 amide bonds. The van der Waals surface area contributed by atoms with Gasteiger partial charge >= 0.3 is 0 Å². The Kier molecular flexibility index (Phi) is 5.83. The largest absolute Gasteiger partial charge is 0.491 e. The Morgan fingerprint density at radius 2 is 1.95 bits per heavy atom. The minimum atomic E-state index is 0.0438. The monoisotopic (exact) mass is 319 g/mol. The molecule has 0 aliphatic rings. The average Bonchev–Trinajstić information content (AvgIpc) is 2.52. The van der Waals surface area contributed by atoms with Gasteiger partial charge in [0.05, 0.1) is 6.04 Å². The highest BCUT2D eigenvalue weighted by Crippen LogP contribution is 2.14. The summed E-state index contributed by atoms with van der Waals surface area (Å²) in [5.74, 6) is 1.53. The molecule has 1 heterocycles. The minimum Gasteiger partial charge on any atom is -0.491 e. The molecule has 1 unspecified atom stereocenters. The topological polar surface area (TPSA) is 86.0 Å². The quantitative estimate of drug-likeness (QED) is 0.759. The molecule has 22 heavy (non-hydrogen) atoms. The van der Waals surface area contributed by atoms with E-state index in [-0.39, 0.29) is 12.0 Å². The molecule has 2 rings (SSSR count). The fraction of sp³-hybridized carbons (Fsp3) is 0.400. The zero-order valence-corrected chi connectivity index (χ0v) is 13.9. The number of nitrogens with zero attached hydrogens (tertiary/aromatic N) is 3. The molecule has 0 saturated carbocycles. The van der Waals surface area contributed by atoms with E-state index in [2.05, 4.69) is 39.3 Å². The number of benzene rings is 1. The number of nitrogen functional groups attached to an aromatic ring is 1. The highest BCUT2D eigenvalue weighted by molar-refractivity contribution is 7.98. The molecule has 0 saturated heterocycles. The lowest BCUT2D eigenvalue weighted by atomic mass is 10.2. The van der Waals surface area contributed by atoms with Crippen LogP contribution in [0.5, 0.6) is 5.75 Å². The van der Waals surface area contributed by atoms with E-state index < -0.39 is 0 Å². The molecule has 2 aromatic rings. The number of aryl methyl sites for hydroxylation is 1. The molecule has 0 aliphatic heterocycles. The van der Waals surface area contributed by atoms with E-state index in [1.54, 1.807) is 0 Å². The van der Waals surface area contributed by atoms with Crippen molar-refractivity contribution in [1.29, 1.82) is 0 Å². The summed E-state index contributed by atoms with van der Waals surface area (Å²) in [6, 6.07) is 8.16. The van der Waals surface area contributed by atoms with Gasteiger partial charge in [-0.25, -0.2) is 0 Å². The van der Waals surface area contributed by atoms with Gasteiger partial charge in [0.1, 0.15) is 12.4 Å². The number of thioether (sulfide) groups is 1. The molecule has 0 radical (unpaired) electrons. The number of nitrogens with one attached hydrogen (secondary N) is 1. The normalized spacial score (nSPS) is 12.0. The maximum absolute atomic E-state index is 5.76. The Hall–Kier alpha value is -2.02. The molecule has 7 heteroatoms. The van der Waals surface area contributed by atoms with Gasteiger partial charge < -0.3 is 15.8 Å². The van der Waals surface area contributed by atoms with Gasteiger partial charge in [-0.1, -0.05) is 30.8 Å². The molecular formula is C15H21N5OS. The van der Waals surface area contributed by atoms with Gasteiger partial charge in [-0.2, -0.15) is 15.0 Å². The molecule has 0 spiro atoms. The molecule has 1 atom stereocenters. The van der Waals surface area contributed by atoms with Gasteiger partial charge in [-0.05, 0) is 37.3 Å². The van der Waals surface area contributed by atoms with Crippen molar-refractivity contribution in [1.82, 2.24) is 15.0 Å². The standard InChI is InChI=1S/C15H21N5OS/c1-4-11-5-7-12(8-6-11)21-9-10(2)17-14-18-13(16)19-15(20-14)22-3/h5-8,10H,4,9H2,1-3H3,(H3,16,17,18,19,20). The van der Waals surface area contributed by atoms with Crippen LogP contribution in [0.1, 0.15) is 19.4 Å². The molecule has 0 fully saturated rings. The fourth-order valence-corrected chi connectivity index (χ4v) is 2.20. The van der Waals surface area contributed by atoms with E-state index in [0.717, 1.165) is 12.2 Å². The molecular weight excluding hydrogens is 298 g/mol. The molecule has 6 nitrogen and oxygen atoms in total. The fourth-order valence-electron chi connectivity index (χ4n) is 1.83. The number of hydrogen-bond acceptors (Lipinski definition) is 7. The van der Waals surface area contributed by atoms with E-state index in [4.69, 9.17) is 10.5 Å². The van der Waals surface area contributed by atoms with Gasteiger partial charge in [0.2, 0.25) is 11.9 Å². The van der Waals surface area contributed by atoms with Crippen LogP contribution in [0, 0.1) is 0 Å². The smallest absolute Gasteiger partial charge is 0.228 e. The number of rotatable bonds is 7. The van der Waals surface area contributed by atoms with Gasteiger partial charge in [-0.15, -0.1) is 0 Å². The van der Waals surface area contributed by atoms with Crippen LogP contribution in [0.2, 0.25) is 0 Å². The maximum Gasteiger partial charge on any atom is 0.228 e. The van der Waals surface area contributed by atoms with Gasteiger partial charge in [-0.3, -0.25) is 0 Å². The first kappa shape index (κ1) is 16.4. The highest BCUT2D eigenvalue weighted by atomic mass is 32.2. The van der Waals surface area contributed by atoms with E-state index in [9.17, 15) is 0 Å². The van der Waals surface area contributed by atoms with Crippen molar-refractivity contribution in [3.8, 4) is 5.75 Å². The van der Waals surface area contributed by atoms with Gasteiger partial charge in [0.25, 0.3) is 0 Å². The summed E-state index contributed by atoms with van der Waals surface area (Å²) < 4.78 is 5.76. The van der Waals surface area contributed by atoms with Crippen molar-refractivity contribution in [2.75, 3.05) is 23.9 Å². The van der Waals surface area contributed by atoms with Crippen molar-refractivity contribution < 1.29 is 4.74 Å². The van der Waals surface area contributed by atoms with Crippen molar-refractivity contribution in [2.45, 2.75) is 31.5 Å². The van der Waals surface area contributed by atoms with E-state index >= 15 is 0 Å². The van der Waals surface area contributed by atoms with Crippen LogP contribution < -0.4 is 15.8 Å². The van der Waals surface area contributed by atoms with Crippen LogP contribution in [0.25, 0.3) is 0 Å². The third kappa shape index (κ3) is 4.77. The number of nitrogens with two attached hydrogens (primary N) is 1. The van der Waals surface area contributed by atoms with E-state index in [0.29, 0.717) is 17.7 Å². The SMILES string of the molecule is CCc1ccc(OCC(C)Nc2nc(N)nc(SC)n2)cc1. The summed E-state index contributed by atoms with van der Waals surface area (Å²) in [5, 5.41) is 3.77. The van der Waals surface area contributed by atoms with Crippen LogP contribution in [0.3, 0.4) is 0 Å². The lowest BCUT2D eigenvalue weighted by molar-refractivity contribution is 0.303. The third-order valence-electron chi connectivity index (χ3n) is 3.02. The average molecular weight is 319 g/mol. The second-order valence-electron chi connectivity index (χ2n) is 4.86. The zero-order valence-electron chi connectivity index (χ0n) is 13.0. The molecule has 118 valence electrons. The minimum absolute atomic E-state index is 0.0438. The lowest BCUT2D eigenvalue weighted by Gasteiger charge is -2.15. The summed E-state index contributed by atoms with van der Waals surface area (Å²) in [5.41, 5.74) is 6.95. The van der Waals surface area contributed by atoms with Gasteiger partial charge in [0.15, 0.2) is 5.16 Å². The first-order valence-electron chi connectivity index (χ1n) is 7.14. The van der Waals surface area contributed by atoms with Crippen molar-refractivity contribution >= 4 is 23.7 Å². The number of aromatic nitrogens is 3. The van der Waals surface area contributed by atoms with Gasteiger partial charge in [0, 0.05) is 0 Å². The lowest BCUT2D eigenvalue weighted by Crippen LogP contribution is -2.25. The van der Waals surface area contributed by atoms with Crippen molar-refractivity contribution in [2.24, 2.45) is 0 Å². The Morgan fingerprint density at radius 1 is 1.23 bits per heavy atom. The summed E-state index contributed by atoms with van der Waals surface area (Å²) in [7, 11) is 0. The predicted octanol–water partition coefficient (Wildman–Crippen LogP) is 2.62. The maximum atomic E-state index is 5.76. The second kappa shape index (κ2) is 7.84. The van der Waals surface area contributed by atoms with Crippen molar-refractivity contribution in [3.63, 3.8) is 0 Å². The molecule has 0 aliphatic carbocycles. The number of ether oxygens (including phenoxy) is 1. The predicted molar refractivity (Wildman–Crippen MR) is 90.4 cm³/mol. The number of hydrogen-bond donors (Lipinski definition) is 2. The summed E-state index contributed by atoms with van der Waals surface area (Å²) in [6.45, 7) is 4.63. The molecule has 0 bridgehead atoms. The highest BCUT2D eigenvalue weighted by Gasteiger charge is 2.08. The Labute approximate surface area is 134 Å². The second-order valence-corrected chi connectivity index (χ2v) is 5.63. The van der Waals surface area contributed by atoms with Crippen LogP contribution in [-0.2, 0) is 6.42 Å². The summed E-state index contributed by atoms with van der Waals surface area (Å²) in [4.78, 5) is 12.4.